The molecule has 0 aliphatic rings. The van der Waals surface area contributed by atoms with Gasteiger partial charge in [-0.1, -0.05) is 29.3 Å². The average Bonchev–Trinajstić information content (AvgIpc) is 2.79. The fourth-order valence-electron chi connectivity index (χ4n) is 1.57. The van der Waals surface area contributed by atoms with Crippen LogP contribution in [0.3, 0.4) is 0 Å². The van der Waals surface area contributed by atoms with Gasteiger partial charge < -0.3 is 5.32 Å². The number of amides is 1. The van der Waals surface area contributed by atoms with E-state index in [2.05, 4.69) is 21.5 Å². The summed E-state index contributed by atoms with van der Waals surface area (Å²) in [6, 6.07) is 9.50. The molecule has 5 nitrogen and oxygen atoms in total. The Morgan fingerprint density at radius 3 is 2.83 bits per heavy atom. The van der Waals surface area contributed by atoms with Gasteiger partial charge in [0.25, 0.3) is 5.91 Å². The van der Waals surface area contributed by atoms with Crippen molar-refractivity contribution in [3.05, 3.63) is 41.7 Å². The summed E-state index contributed by atoms with van der Waals surface area (Å²) < 4.78 is 1.62. The zero-order chi connectivity index (χ0) is 13.0. The minimum atomic E-state index is -0.312. The van der Waals surface area contributed by atoms with E-state index in [0.29, 0.717) is 5.69 Å². The number of hydrogen-bond donors (Lipinski definition) is 1. The van der Waals surface area contributed by atoms with Crippen molar-refractivity contribution in [2.75, 3.05) is 6.54 Å². The molecule has 1 aromatic carbocycles. The molecule has 0 spiro atoms. The molecular formula is C13H12N4O. The number of carbonyl (C=O) groups is 1. The molecule has 0 saturated carbocycles. The van der Waals surface area contributed by atoms with Crippen LogP contribution in [0.4, 0.5) is 0 Å². The number of benzene rings is 1. The van der Waals surface area contributed by atoms with Crippen molar-refractivity contribution >= 4 is 5.91 Å². The lowest BCUT2D eigenvalue weighted by Gasteiger charge is -2.03. The van der Waals surface area contributed by atoms with Gasteiger partial charge in [0.05, 0.1) is 17.9 Å². The standard InChI is InChI=1S/C13H12N4O/c1-3-9-14-13(18)12-10(2)17(16-15-12)11-7-5-4-6-8-11/h1,4-8H,9H2,2H3,(H,14,18). The Bertz CT molecular complexity index is 595. The largest absolute Gasteiger partial charge is 0.340 e. The van der Waals surface area contributed by atoms with E-state index in [1.807, 2.05) is 30.3 Å². The van der Waals surface area contributed by atoms with E-state index >= 15 is 0 Å². The first-order chi connectivity index (χ1) is 8.74. The first kappa shape index (κ1) is 11.9. The van der Waals surface area contributed by atoms with Crippen LogP contribution >= 0.6 is 0 Å². The highest BCUT2D eigenvalue weighted by molar-refractivity contribution is 5.93. The van der Waals surface area contributed by atoms with Crippen molar-refractivity contribution < 1.29 is 4.79 Å². The lowest BCUT2D eigenvalue weighted by atomic mass is 10.3. The monoisotopic (exact) mass is 240 g/mol. The smallest absolute Gasteiger partial charge is 0.274 e. The molecule has 2 aromatic rings. The van der Waals surface area contributed by atoms with Crippen molar-refractivity contribution in [1.29, 1.82) is 0 Å². The average molecular weight is 240 g/mol. The first-order valence-electron chi connectivity index (χ1n) is 5.43. The third kappa shape index (κ3) is 2.23. The van der Waals surface area contributed by atoms with Crippen molar-refractivity contribution in [1.82, 2.24) is 20.3 Å². The molecule has 0 radical (unpaired) electrons. The maximum absolute atomic E-state index is 11.7. The Kier molecular flexibility index (Phi) is 3.39. The molecule has 2 rings (SSSR count). The Morgan fingerprint density at radius 1 is 1.44 bits per heavy atom. The molecule has 0 fully saturated rings. The van der Waals surface area contributed by atoms with Crippen molar-refractivity contribution in [3.63, 3.8) is 0 Å². The first-order valence-corrected chi connectivity index (χ1v) is 5.43. The summed E-state index contributed by atoms with van der Waals surface area (Å²) in [6.07, 6.45) is 5.08. The molecule has 0 unspecified atom stereocenters. The minimum absolute atomic E-state index is 0.177. The number of rotatable bonds is 3. The molecule has 0 aliphatic carbocycles. The highest BCUT2D eigenvalue weighted by Crippen LogP contribution is 2.11. The molecule has 18 heavy (non-hydrogen) atoms. The second-order valence-corrected chi connectivity index (χ2v) is 3.66. The number of para-hydroxylation sites is 1. The van der Waals surface area contributed by atoms with Crippen LogP contribution in [0, 0.1) is 19.3 Å². The van der Waals surface area contributed by atoms with Crippen molar-refractivity contribution in [2.45, 2.75) is 6.92 Å². The van der Waals surface area contributed by atoms with Gasteiger partial charge in [0, 0.05) is 0 Å². The van der Waals surface area contributed by atoms with Gasteiger partial charge in [-0.2, -0.15) is 0 Å². The fraction of sp³-hybridized carbons (Fsp3) is 0.154. The molecule has 1 heterocycles. The molecule has 0 atom stereocenters. The summed E-state index contributed by atoms with van der Waals surface area (Å²) in [5.41, 5.74) is 1.82. The Balaban J connectivity index is 2.30. The van der Waals surface area contributed by atoms with Crippen LogP contribution in [0.5, 0.6) is 0 Å². The lowest BCUT2D eigenvalue weighted by molar-refractivity contribution is 0.0953. The lowest BCUT2D eigenvalue weighted by Crippen LogP contribution is -2.24. The molecular weight excluding hydrogens is 228 g/mol. The molecule has 1 N–H and O–H groups in total. The summed E-state index contributed by atoms with van der Waals surface area (Å²) in [7, 11) is 0. The molecule has 90 valence electrons. The van der Waals surface area contributed by atoms with E-state index in [1.54, 1.807) is 11.6 Å². The molecule has 0 bridgehead atoms. The van der Waals surface area contributed by atoms with Crippen LogP contribution in [0.2, 0.25) is 0 Å². The van der Waals surface area contributed by atoms with Crippen LogP contribution in [0.1, 0.15) is 16.2 Å². The fourth-order valence-corrected chi connectivity index (χ4v) is 1.57. The maximum atomic E-state index is 11.7. The zero-order valence-corrected chi connectivity index (χ0v) is 9.92. The maximum Gasteiger partial charge on any atom is 0.274 e. The Labute approximate surface area is 105 Å². The van der Waals surface area contributed by atoms with E-state index in [0.717, 1.165) is 5.69 Å². The van der Waals surface area contributed by atoms with E-state index in [-0.39, 0.29) is 18.1 Å². The third-order valence-corrected chi connectivity index (χ3v) is 2.46. The van der Waals surface area contributed by atoms with E-state index < -0.39 is 0 Å². The zero-order valence-electron chi connectivity index (χ0n) is 9.92. The normalized spacial score (nSPS) is 9.78. The van der Waals surface area contributed by atoms with Crippen molar-refractivity contribution in [3.8, 4) is 18.0 Å². The van der Waals surface area contributed by atoms with Gasteiger partial charge in [-0.25, -0.2) is 4.68 Å². The highest BCUT2D eigenvalue weighted by atomic mass is 16.2. The van der Waals surface area contributed by atoms with E-state index in [1.165, 1.54) is 0 Å². The topological polar surface area (TPSA) is 59.8 Å². The van der Waals surface area contributed by atoms with Crippen LogP contribution in [-0.4, -0.2) is 27.4 Å². The van der Waals surface area contributed by atoms with Gasteiger partial charge in [-0.3, -0.25) is 4.79 Å². The van der Waals surface area contributed by atoms with Gasteiger partial charge >= 0.3 is 0 Å². The van der Waals surface area contributed by atoms with Crippen molar-refractivity contribution in [2.24, 2.45) is 0 Å². The number of hydrogen-bond acceptors (Lipinski definition) is 3. The quantitative estimate of drug-likeness (QED) is 0.812. The molecule has 1 aromatic heterocycles. The molecule has 0 aliphatic heterocycles. The predicted molar refractivity (Wildman–Crippen MR) is 67.3 cm³/mol. The van der Waals surface area contributed by atoms with Crippen LogP contribution in [-0.2, 0) is 0 Å². The van der Waals surface area contributed by atoms with Gasteiger partial charge in [0.1, 0.15) is 0 Å². The minimum Gasteiger partial charge on any atom is -0.340 e. The van der Waals surface area contributed by atoms with Gasteiger partial charge in [0.2, 0.25) is 0 Å². The highest BCUT2D eigenvalue weighted by Gasteiger charge is 2.16. The predicted octanol–water partition coefficient (Wildman–Crippen LogP) is 0.939. The number of terminal acetylenes is 1. The summed E-state index contributed by atoms with van der Waals surface area (Å²) >= 11 is 0. The SMILES string of the molecule is C#CCNC(=O)c1nnn(-c2ccccc2)c1C. The van der Waals surface area contributed by atoms with E-state index in [9.17, 15) is 4.79 Å². The summed E-state index contributed by atoms with van der Waals surface area (Å²) in [5.74, 6) is 2.03. The second kappa shape index (κ2) is 5.15. The summed E-state index contributed by atoms with van der Waals surface area (Å²) in [4.78, 5) is 11.7. The van der Waals surface area contributed by atoms with Crippen LogP contribution < -0.4 is 5.32 Å². The summed E-state index contributed by atoms with van der Waals surface area (Å²) in [6.45, 7) is 1.97. The third-order valence-electron chi connectivity index (χ3n) is 2.46. The number of nitrogens with one attached hydrogen (secondary N) is 1. The second-order valence-electron chi connectivity index (χ2n) is 3.66. The molecule has 5 heteroatoms. The van der Waals surface area contributed by atoms with Gasteiger partial charge in [0.15, 0.2) is 5.69 Å². The van der Waals surface area contributed by atoms with Gasteiger partial charge in [-0.05, 0) is 19.1 Å². The number of nitrogens with zero attached hydrogens (tertiary/aromatic N) is 3. The van der Waals surface area contributed by atoms with Crippen LogP contribution in [0.25, 0.3) is 5.69 Å². The molecule has 1 amide bonds. The van der Waals surface area contributed by atoms with Gasteiger partial charge in [-0.15, -0.1) is 11.5 Å². The Hall–Kier alpha value is -2.61. The van der Waals surface area contributed by atoms with Crippen LogP contribution in [0.15, 0.2) is 30.3 Å². The van der Waals surface area contributed by atoms with E-state index in [4.69, 9.17) is 6.42 Å². The number of carbonyl (C=O) groups excluding carboxylic acids is 1. The Morgan fingerprint density at radius 2 is 2.17 bits per heavy atom. The number of aromatic nitrogens is 3. The molecule has 0 saturated heterocycles. The summed E-state index contributed by atoms with van der Waals surface area (Å²) in [5, 5.41) is 10.4.